The normalized spacial score (nSPS) is 12.7. The van der Waals surface area contributed by atoms with E-state index in [2.05, 4.69) is 9.97 Å². The minimum absolute atomic E-state index is 0.0887. The average molecular weight is 291 g/mol. The van der Waals surface area contributed by atoms with Crippen molar-refractivity contribution < 1.29 is 4.74 Å². The van der Waals surface area contributed by atoms with Gasteiger partial charge in [0.1, 0.15) is 12.4 Å². The van der Waals surface area contributed by atoms with Crippen molar-refractivity contribution in [3.05, 3.63) is 65.2 Å². The van der Waals surface area contributed by atoms with Crippen LogP contribution in [0.15, 0.2) is 59.8 Å². The highest BCUT2D eigenvalue weighted by Crippen LogP contribution is 2.31. The second-order valence-corrected chi connectivity index (χ2v) is 5.05. The lowest BCUT2D eigenvalue weighted by molar-refractivity contribution is 0.306. The molecule has 0 saturated heterocycles. The first-order valence-electron chi connectivity index (χ1n) is 7.07. The Morgan fingerprint density at radius 1 is 1.05 bits per heavy atom. The van der Waals surface area contributed by atoms with Crippen LogP contribution < -0.4 is 10.2 Å². The van der Waals surface area contributed by atoms with Crippen LogP contribution in [-0.2, 0) is 6.54 Å². The van der Waals surface area contributed by atoms with E-state index in [1.807, 2.05) is 35.0 Å². The first kappa shape index (κ1) is 12.8. The molecule has 0 atom stereocenters. The molecule has 2 aromatic heterocycles. The summed E-state index contributed by atoms with van der Waals surface area (Å²) in [5.41, 5.74) is 2.20. The SMILES string of the molecule is O=c1cc2n(cc1-c1ncccn1)CCOc1ccccc1-2. The lowest BCUT2D eigenvalue weighted by Gasteiger charge is -2.11. The first-order valence-corrected chi connectivity index (χ1v) is 7.07. The quantitative estimate of drug-likeness (QED) is 0.690. The molecule has 0 spiro atoms. The molecule has 0 N–H and O–H groups in total. The molecule has 1 aromatic carbocycles. The fraction of sp³-hybridized carbons (Fsp3) is 0.118. The Morgan fingerprint density at radius 3 is 2.73 bits per heavy atom. The molecule has 5 nitrogen and oxygen atoms in total. The van der Waals surface area contributed by atoms with Gasteiger partial charge in [-0.1, -0.05) is 12.1 Å². The van der Waals surface area contributed by atoms with Gasteiger partial charge in [-0.05, 0) is 18.2 Å². The standard InChI is InChI=1S/C17H13N3O2/c21-15-10-14-12-4-1-2-5-16(12)22-9-8-20(14)11-13(15)17-18-6-3-7-19-17/h1-7,10-11H,8-9H2. The number of aromatic nitrogens is 3. The van der Waals surface area contributed by atoms with Crippen LogP contribution >= 0.6 is 0 Å². The van der Waals surface area contributed by atoms with Crippen molar-refractivity contribution in [2.24, 2.45) is 0 Å². The second-order valence-electron chi connectivity index (χ2n) is 5.05. The Bertz CT molecular complexity index is 888. The van der Waals surface area contributed by atoms with E-state index in [9.17, 15) is 4.79 Å². The minimum atomic E-state index is -0.0887. The van der Waals surface area contributed by atoms with E-state index >= 15 is 0 Å². The molecule has 0 fully saturated rings. The Balaban J connectivity index is 1.94. The maximum absolute atomic E-state index is 12.5. The van der Waals surface area contributed by atoms with Crippen molar-refractivity contribution >= 4 is 0 Å². The Hall–Kier alpha value is -2.95. The zero-order valence-electron chi connectivity index (χ0n) is 11.8. The first-order chi connectivity index (χ1) is 10.8. The van der Waals surface area contributed by atoms with Gasteiger partial charge in [-0.2, -0.15) is 0 Å². The summed E-state index contributed by atoms with van der Waals surface area (Å²) >= 11 is 0. The third-order valence-electron chi connectivity index (χ3n) is 3.69. The molecule has 3 heterocycles. The molecule has 1 aliphatic rings. The maximum Gasteiger partial charge on any atom is 0.193 e. The van der Waals surface area contributed by atoms with E-state index in [1.165, 1.54) is 0 Å². The Morgan fingerprint density at radius 2 is 1.86 bits per heavy atom. The summed E-state index contributed by atoms with van der Waals surface area (Å²) < 4.78 is 7.79. The number of nitrogens with zero attached hydrogens (tertiary/aromatic N) is 3. The van der Waals surface area contributed by atoms with Crippen molar-refractivity contribution in [3.8, 4) is 28.4 Å². The van der Waals surface area contributed by atoms with E-state index in [4.69, 9.17) is 4.74 Å². The largest absolute Gasteiger partial charge is 0.491 e. The van der Waals surface area contributed by atoms with Crippen LogP contribution in [0, 0.1) is 0 Å². The number of fused-ring (bicyclic) bond motifs is 3. The number of rotatable bonds is 1. The molecular formula is C17H13N3O2. The molecule has 0 amide bonds. The van der Waals surface area contributed by atoms with Gasteiger partial charge in [-0.15, -0.1) is 0 Å². The summed E-state index contributed by atoms with van der Waals surface area (Å²) in [4.78, 5) is 20.8. The molecule has 0 radical (unpaired) electrons. The Labute approximate surface area is 126 Å². The fourth-order valence-electron chi connectivity index (χ4n) is 2.66. The minimum Gasteiger partial charge on any atom is -0.491 e. The van der Waals surface area contributed by atoms with Crippen LogP contribution in [0.2, 0.25) is 0 Å². The number of benzene rings is 1. The van der Waals surface area contributed by atoms with Gasteiger partial charge in [-0.3, -0.25) is 4.79 Å². The summed E-state index contributed by atoms with van der Waals surface area (Å²) in [7, 11) is 0. The van der Waals surface area contributed by atoms with Crippen LogP contribution in [0.25, 0.3) is 22.6 Å². The van der Waals surface area contributed by atoms with Crippen molar-refractivity contribution in [1.82, 2.24) is 14.5 Å². The average Bonchev–Trinajstić information content (AvgIpc) is 2.74. The number of pyridine rings is 1. The van der Waals surface area contributed by atoms with E-state index in [0.29, 0.717) is 24.5 Å². The van der Waals surface area contributed by atoms with Crippen LogP contribution in [0.1, 0.15) is 0 Å². The number of para-hydroxylation sites is 1. The summed E-state index contributed by atoms with van der Waals surface area (Å²) in [6, 6.07) is 11.1. The summed E-state index contributed by atoms with van der Waals surface area (Å²) in [6.07, 6.45) is 5.09. The lowest BCUT2D eigenvalue weighted by atomic mass is 10.1. The molecule has 5 heteroatoms. The molecule has 4 rings (SSSR count). The highest BCUT2D eigenvalue weighted by Gasteiger charge is 2.17. The molecule has 3 aromatic rings. The van der Waals surface area contributed by atoms with Crippen LogP contribution in [0.4, 0.5) is 0 Å². The van der Waals surface area contributed by atoms with Crippen LogP contribution in [0.3, 0.4) is 0 Å². The van der Waals surface area contributed by atoms with Gasteiger partial charge in [0.15, 0.2) is 11.3 Å². The van der Waals surface area contributed by atoms with Gasteiger partial charge in [0.25, 0.3) is 0 Å². The summed E-state index contributed by atoms with van der Waals surface area (Å²) in [5.74, 6) is 1.25. The van der Waals surface area contributed by atoms with Gasteiger partial charge >= 0.3 is 0 Å². The predicted octanol–water partition coefficient (Wildman–Crippen LogP) is 2.36. The van der Waals surface area contributed by atoms with E-state index in [0.717, 1.165) is 17.0 Å². The zero-order valence-corrected chi connectivity index (χ0v) is 11.8. The van der Waals surface area contributed by atoms with Gasteiger partial charge in [0, 0.05) is 30.2 Å². The van der Waals surface area contributed by atoms with E-state index < -0.39 is 0 Å². The van der Waals surface area contributed by atoms with Crippen molar-refractivity contribution in [2.45, 2.75) is 6.54 Å². The predicted molar refractivity (Wildman–Crippen MR) is 82.7 cm³/mol. The third-order valence-corrected chi connectivity index (χ3v) is 3.69. The lowest BCUT2D eigenvalue weighted by Crippen LogP contribution is -2.14. The molecule has 22 heavy (non-hydrogen) atoms. The highest BCUT2D eigenvalue weighted by atomic mass is 16.5. The highest BCUT2D eigenvalue weighted by molar-refractivity contribution is 5.70. The second kappa shape index (κ2) is 5.11. The van der Waals surface area contributed by atoms with E-state index in [1.54, 1.807) is 24.5 Å². The molecule has 0 aliphatic carbocycles. The van der Waals surface area contributed by atoms with E-state index in [-0.39, 0.29) is 5.43 Å². The van der Waals surface area contributed by atoms with Crippen LogP contribution in [0.5, 0.6) is 5.75 Å². The van der Waals surface area contributed by atoms with Crippen molar-refractivity contribution in [1.29, 1.82) is 0 Å². The van der Waals surface area contributed by atoms with Gasteiger partial charge in [-0.25, -0.2) is 9.97 Å². The number of hydrogen-bond donors (Lipinski definition) is 0. The molecule has 108 valence electrons. The topological polar surface area (TPSA) is 57.0 Å². The summed E-state index contributed by atoms with van der Waals surface area (Å²) in [5, 5.41) is 0. The molecular weight excluding hydrogens is 278 g/mol. The van der Waals surface area contributed by atoms with Crippen molar-refractivity contribution in [3.63, 3.8) is 0 Å². The van der Waals surface area contributed by atoms with Gasteiger partial charge in [0.2, 0.25) is 0 Å². The molecule has 0 unspecified atom stereocenters. The Kier molecular flexibility index (Phi) is 2.96. The zero-order chi connectivity index (χ0) is 14.9. The molecule has 0 saturated carbocycles. The summed E-state index contributed by atoms with van der Waals surface area (Å²) in [6.45, 7) is 1.23. The monoisotopic (exact) mass is 291 g/mol. The van der Waals surface area contributed by atoms with Gasteiger partial charge in [0.05, 0.1) is 17.8 Å². The number of ether oxygens (including phenoxy) is 1. The fourth-order valence-corrected chi connectivity index (χ4v) is 2.66. The maximum atomic E-state index is 12.5. The van der Waals surface area contributed by atoms with Crippen molar-refractivity contribution in [2.75, 3.05) is 6.61 Å². The van der Waals surface area contributed by atoms with Gasteiger partial charge < -0.3 is 9.30 Å². The third kappa shape index (κ3) is 2.07. The molecule has 0 bridgehead atoms. The molecule has 1 aliphatic heterocycles. The number of hydrogen-bond acceptors (Lipinski definition) is 4. The smallest absolute Gasteiger partial charge is 0.193 e. The van der Waals surface area contributed by atoms with Crippen LogP contribution in [-0.4, -0.2) is 21.1 Å².